The Morgan fingerprint density at radius 1 is 1.19 bits per heavy atom. The molecular formula is C26H33N7O3. The van der Waals surface area contributed by atoms with Crippen molar-refractivity contribution >= 4 is 23.5 Å². The minimum Gasteiger partial charge on any atom is -0.444 e. The lowest BCUT2D eigenvalue weighted by Crippen LogP contribution is -2.46. The number of hydrogen-bond acceptors (Lipinski definition) is 8. The number of nitrogens with zero attached hydrogens (tertiary/aromatic N) is 5. The van der Waals surface area contributed by atoms with Crippen LogP contribution < -0.4 is 10.2 Å². The number of carbonyl (C=O) groups is 1. The van der Waals surface area contributed by atoms with Gasteiger partial charge in [0.05, 0.1) is 31.5 Å². The Morgan fingerprint density at radius 2 is 2.00 bits per heavy atom. The number of anilines is 3. The van der Waals surface area contributed by atoms with E-state index in [9.17, 15) is 4.79 Å². The summed E-state index contributed by atoms with van der Waals surface area (Å²) in [6, 6.07) is 8.14. The third-order valence-corrected chi connectivity index (χ3v) is 6.24. The molecule has 0 radical (unpaired) electrons. The molecule has 1 amide bonds. The second-order valence-corrected chi connectivity index (χ2v) is 10.2. The van der Waals surface area contributed by atoms with Crippen LogP contribution in [0.25, 0.3) is 11.4 Å². The van der Waals surface area contributed by atoms with Crippen molar-refractivity contribution < 1.29 is 14.3 Å². The SMILES string of the molecule is C[C@H]1COCCN1c1nc(-c2ccc(Nc3ncc[nH]3)cc2)nc2c1CCN(C(=O)OC(C)(C)C)C2. The summed E-state index contributed by atoms with van der Waals surface area (Å²) in [7, 11) is 0. The van der Waals surface area contributed by atoms with Gasteiger partial charge in [-0.3, -0.25) is 0 Å². The van der Waals surface area contributed by atoms with Gasteiger partial charge in [-0.1, -0.05) is 0 Å². The molecule has 36 heavy (non-hydrogen) atoms. The van der Waals surface area contributed by atoms with Crippen LogP contribution >= 0.6 is 0 Å². The van der Waals surface area contributed by atoms with Crippen LogP contribution in [0, 0.1) is 0 Å². The molecule has 2 aliphatic heterocycles. The number of nitrogens with one attached hydrogen (secondary N) is 2. The number of ether oxygens (including phenoxy) is 2. The molecule has 2 N–H and O–H groups in total. The molecule has 2 aromatic heterocycles. The Hall–Kier alpha value is -3.66. The number of aromatic nitrogens is 4. The van der Waals surface area contributed by atoms with Crippen LogP contribution in [-0.2, 0) is 22.4 Å². The summed E-state index contributed by atoms with van der Waals surface area (Å²) < 4.78 is 11.3. The second kappa shape index (κ2) is 9.77. The predicted octanol–water partition coefficient (Wildman–Crippen LogP) is 4.13. The van der Waals surface area contributed by atoms with Crippen LogP contribution in [0.15, 0.2) is 36.7 Å². The first-order valence-electron chi connectivity index (χ1n) is 12.4. The molecule has 10 heteroatoms. The number of rotatable bonds is 4. The van der Waals surface area contributed by atoms with Crippen molar-refractivity contribution in [1.82, 2.24) is 24.8 Å². The van der Waals surface area contributed by atoms with Gasteiger partial charge in [-0.15, -0.1) is 0 Å². The highest BCUT2D eigenvalue weighted by atomic mass is 16.6. The average molecular weight is 492 g/mol. The van der Waals surface area contributed by atoms with Crippen LogP contribution in [0.4, 0.5) is 22.2 Å². The molecule has 5 rings (SSSR count). The van der Waals surface area contributed by atoms with Gasteiger partial charge < -0.3 is 29.6 Å². The molecule has 0 spiro atoms. The van der Waals surface area contributed by atoms with Gasteiger partial charge in [0.15, 0.2) is 5.82 Å². The summed E-state index contributed by atoms with van der Waals surface area (Å²) in [5.74, 6) is 2.25. The number of H-pyrrole nitrogens is 1. The minimum atomic E-state index is -0.548. The lowest BCUT2D eigenvalue weighted by atomic mass is 10.0. The summed E-state index contributed by atoms with van der Waals surface area (Å²) in [4.78, 5) is 34.1. The van der Waals surface area contributed by atoms with E-state index in [2.05, 4.69) is 27.1 Å². The predicted molar refractivity (Wildman–Crippen MR) is 137 cm³/mol. The molecule has 1 fully saturated rings. The van der Waals surface area contributed by atoms with Crippen molar-refractivity contribution in [3.05, 3.63) is 47.9 Å². The van der Waals surface area contributed by atoms with Gasteiger partial charge in [0.25, 0.3) is 0 Å². The number of fused-ring (bicyclic) bond motifs is 1. The molecule has 0 unspecified atom stereocenters. The van der Waals surface area contributed by atoms with Gasteiger partial charge in [0, 0.05) is 42.3 Å². The number of benzene rings is 1. The van der Waals surface area contributed by atoms with E-state index in [0.29, 0.717) is 44.5 Å². The number of amides is 1. The monoisotopic (exact) mass is 491 g/mol. The Labute approximate surface area is 211 Å². The van der Waals surface area contributed by atoms with Gasteiger partial charge in [-0.25, -0.2) is 19.7 Å². The zero-order valence-electron chi connectivity index (χ0n) is 21.2. The van der Waals surface area contributed by atoms with E-state index in [0.717, 1.165) is 34.9 Å². The first-order valence-corrected chi connectivity index (χ1v) is 12.4. The first kappa shape index (κ1) is 24.1. The maximum Gasteiger partial charge on any atom is 0.410 e. The topological polar surface area (TPSA) is 108 Å². The molecule has 190 valence electrons. The van der Waals surface area contributed by atoms with Crippen molar-refractivity contribution in [3.63, 3.8) is 0 Å². The number of carbonyl (C=O) groups excluding carboxylic acids is 1. The van der Waals surface area contributed by atoms with E-state index in [-0.39, 0.29) is 12.1 Å². The molecule has 3 aromatic rings. The van der Waals surface area contributed by atoms with Crippen molar-refractivity contribution in [2.24, 2.45) is 0 Å². The van der Waals surface area contributed by atoms with Crippen LogP contribution in [0.1, 0.15) is 39.0 Å². The summed E-state index contributed by atoms with van der Waals surface area (Å²) in [6.45, 7) is 10.8. The van der Waals surface area contributed by atoms with E-state index in [1.807, 2.05) is 45.0 Å². The van der Waals surface area contributed by atoms with Gasteiger partial charge in [-0.05, 0) is 58.4 Å². The fraction of sp³-hybridized carbons (Fsp3) is 0.462. The average Bonchev–Trinajstić information content (AvgIpc) is 3.36. The number of hydrogen-bond donors (Lipinski definition) is 2. The van der Waals surface area contributed by atoms with E-state index in [1.165, 1.54) is 0 Å². The quantitative estimate of drug-likeness (QED) is 0.561. The standard InChI is InChI=1S/C26H33N7O3/c1-17-16-35-14-13-33(17)23-20-9-12-32(25(34)36-26(2,3)4)15-21(20)30-22(31-23)18-5-7-19(8-6-18)29-24-27-10-11-28-24/h5-8,10-11,17H,9,12-16H2,1-4H3,(H2,27,28,29)/t17-/m0/s1. The molecule has 1 atom stereocenters. The van der Waals surface area contributed by atoms with Crippen LogP contribution in [0.2, 0.25) is 0 Å². The molecule has 4 heterocycles. The summed E-state index contributed by atoms with van der Waals surface area (Å²) in [6.07, 6.45) is 3.84. The van der Waals surface area contributed by atoms with Gasteiger partial charge >= 0.3 is 6.09 Å². The smallest absolute Gasteiger partial charge is 0.410 e. The Morgan fingerprint density at radius 3 is 2.69 bits per heavy atom. The molecule has 1 saturated heterocycles. The summed E-state index contributed by atoms with van der Waals surface area (Å²) in [5, 5.41) is 3.23. The maximum absolute atomic E-state index is 12.8. The van der Waals surface area contributed by atoms with Gasteiger partial charge in [0.2, 0.25) is 5.95 Å². The van der Waals surface area contributed by atoms with Crippen LogP contribution in [0.3, 0.4) is 0 Å². The van der Waals surface area contributed by atoms with Crippen LogP contribution in [0.5, 0.6) is 0 Å². The highest BCUT2D eigenvalue weighted by Gasteiger charge is 2.32. The summed E-state index contributed by atoms with van der Waals surface area (Å²) in [5.41, 5.74) is 3.23. The first-order chi connectivity index (χ1) is 17.3. The normalized spacial score (nSPS) is 18.1. The minimum absolute atomic E-state index is 0.203. The highest BCUT2D eigenvalue weighted by Crippen LogP contribution is 2.32. The van der Waals surface area contributed by atoms with E-state index in [1.54, 1.807) is 17.3 Å². The van der Waals surface area contributed by atoms with E-state index >= 15 is 0 Å². The number of morpholine rings is 1. The van der Waals surface area contributed by atoms with Gasteiger partial charge in [-0.2, -0.15) is 0 Å². The Kier molecular flexibility index (Phi) is 6.53. The molecular weight excluding hydrogens is 458 g/mol. The fourth-order valence-electron chi connectivity index (χ4n) is 4.47. The van der Waals surface area contributed by atoms with E-state index in [4.69, 9.17) is 19.4 Å². The number of aromatic amines is 1. The lowest BCUT2D eigenvalue weighted by molar-refractivity contribution is 0.0220. The third kappa shape index (κ3) is 5.28. The van der Waals surface area contributed by atoms with Gasteiger partial charge in [0.1, 0.15) is 11.4 Å². The lowest BCUT2D eigenvalue weighted by Gasteiger charge is -2.38. The van der Waals surface area contributed by atoms with Crippen LogP contribution in [-0.4, -0.2) is 68.9 Å². The zero-order valence-corrected chi connectivity index (χ0v) is 21.2. The zero-order chi connectivity index (χ0) is 25.3. The maximum atomic E-state index is 12.8. The summed E-state index contributed by atoms with van der Waals surface area (Å²) >= 11 is 0. The molecule has 2 aliphatic rings. The highest BCUT2D eigenvalue weighted by molar-refractivity contribution is 5.70. The van der Waals surface area contributed by atoms with Crippen molar-refractivity contribution in [2.45, 2.75) is 52.3 Å². The largest absolute Gasteiger partial charge is 0.444 e. The molecule has 10 nitrogen and oxygen atoms in total. The molecule has 0 aliphatic carbocycles. The number of imidazole rings is 1. The molecule has 0 bridgehead atoms. The molecule has 0 saturated carbocycles. The van der Waals surface area contributed by atoms with Crippen molar-refractivity contribution in [1.29, 1.82) is 0 Å². The fourth-order valence-corrected chi connectivity index (χ4v) is 4.47. The second-order valence-electron chi connectivity index (χ2n) is 10.2. The van der Waals surface area contributed by atoms with Crippen molar-refractivity contribution in [3.8, 4) is 11.4 Å². The third-order valence-electron chi connectivity index (χ3n) is 6.24. The van der Waals surface area contributed by atoms with Crippen molar-refractivity contribution in [2.75, 3.05) is 36.5 Å². The molecule has 1 aromatic carbocycles. The van der Waals surface area contributed by atoms with E-state index < -0.39 is 5.60 Å². The Bertz CT molecular complexity index is 1210. The Balaban J connectivity index is 1.47.